The lowest BCUT2D eigenvalue weighted by atomic mass is 10.1. The van der Waals surface area contributed by atoms with Crippen molar-refractivity contribution in [3.05, 3.63) is 40.7 Å². The molecule has 30 heavy (non-hydrogen) atoms. The fourth-order valence-electron chi connectivity index (χ4n) is 2.89. The third-order valence-corrected chi connectivity index (χ3v) is 6.41. The van der Waals surface area contributed by atoms with Crippen molar-refractivity contribution in [1.29, 1.82) is 0 Å². The van der Waals surface area contributed by atoms with Crippen LogP contribution >= 0.6 is 0 Å². The molecule has 0 aliphatic carbocycles. The van der Waals surface area contributed by atoms with E-state index < -0.39 is 27.6 Å². The Bertz CT molecular complexity index is 1120. The lowest BCUT2D eigenvalue weighted by Gasteiger charge is -2.25. The van der Waals surface area contributed by atoms with Crippen LogP contribution in [0.4, 0.5) is 13.2 Å². The van der Waals surface area contributed by atoms with Gasteiger partial charge in [-0.25, -0.2) is 13.4 Å². The Balaban J connectivity index is 2.08. The van der Waals surface area contributed by atoms with Crippen molar-refractivity contribution in [3.63, 3.8) is 0 Å². The summed E-state index contributed by atoms with van der Waals surface area (Å²) in [7, 11) is -0.579. The molecule has 0 bridgehead atoms. The standard InChI is InChI=1S/C17H20F3N7O2S/c1-4-30(28,29)13-8-11(27(3)21)9-23-14(13)16-25-24-15(26(16)2)12-7-10(5-6-22-12)17(18,19)20/h5-8,11H,4,9,21H2,1-3H3. The zero-order chi connectivity index (χ0) is 22.3. The van der Waals surface area contributed by atoms with E-state index in [0.29, 0.717) is 0 Å². The molecular weight excluding hydrogens is 423 g/mol. The summed E-state index contributed by atoms with van der Waals surface area (Å²) in [5.74, 6) is 5.73. The van der Waals surface area contributed by atoms with E-state index in [2.05, 4.69) is 20.2 Å². The van der Waals surface area contributed by atoms with E-state index >= 15 is 0 Å². The molecular formula is C17H20F3N7O2S. The molecule has 1 unspecified atom stereocenters. The monoisotopic (exact) mass is 443 g/mol. The van der Waals surface area contributed by atoms with Gasteiger partial charge in [0, 0.05) is 20.3 Å². The van der Waals surface area contributed by atoms with Gasteiger partial charge in [0.05, 0.1) is 28.8 Å². The summed E-state index contributed by atoms with van der Waals surface area (Å²) in [6.45, 7) is 1.69. The third kappa shape index (κ3) is 4.13. The summed E-state index contributed by atoms with van der Waals surface area (Å²) >= 11 is 0. The average molecular weight is 443 g/mol. The van der Waals surface area contributed by atoms with Crippen LogP contribution in [0.3, 0.4) is 0 Å². The zero-order valence-corrected chi connectivity index (χ0v) is 17.2. The number of halogens is 3. The van der Waals surface area contributed by atoms with E-state index in [1.54, 1.807) is 7.05 Å². The number of dihydropyridines is 1. The lowest BCUT2D eigenvalue weighted by Crippen LogP contribution is -2.41. The molecule has 2 aromatic heterocycles. The van der Waals surface area contributed by atoms with Crippen molar-refractivity contribution in [3.8, 4) is 11.5 Å². The molecule has 2 aromatic rings. The predicted molar refractivity (Wildman–Crippen MR) is 104 cm³/mol. The molecule has 0 saturated carbocycles. The number of hydrogen-bond donors (Lipinski definition) is 1. The van der Waals surface area contributed by atoms with Crippen LogP contribution in [0, 0.1) is 0 Å². The highest BCUT2D eigenvalue weighted by atomic mass is 32.2. The first-order valence-electron chi connectivity index (χ1n) is 8.86. The number of hydrazine groups is 1. The second kappa shape index (κ2) is 7.89. The van der Waals surface area contributed by atoms with Gasteiger partial charge in [-0.15, -0.1) is 10.2 Å². The molecule has 0 fully saturated rings. The molecule has 9 nitrogen and oxygen atoms in total. The Morgan fingerprint density at radius 1 is 1.30 bits per heavy atom. The Hall–Kier alpha value is -2.64. The van der Waals surface area contributed by atoms with Gasteiger partial charge in [0.15, 0.2) is 21.5 Å². The van der Waals surface area contributed by atoms with Crippen LogP contribution in [0.1, 0.15) is 18.3 Å². The Morgan fingerprint density at radius 2 is 1.97 bits per heavy atom. The molecule has 1 atom stereocenters. The van der Waals surface area contributed by atoms with Crippen molar-refractivity contribution in [2.24, 2.45) is 17.9 Å². The number of aromatic nitrogens is 4. The van der Waals surface area contributed by atoms with E-state index in [4.69, 9.17) is 5.84 Å². The Labute approximate surface area is 171 Å². The number of hydrogen-bond acceptors (Lipinski definition) is 8. The number of nitrogens with two attached hydrogens (primary N) is 1. The van der Waals surface area contributed by atoms with E-state index in [9.17, 15) is 21.6 Å². The number of nitrogens with zero attached hydrogens (tertiary/aromatic N) is 6. The van der Waals surface area contributed by atoms with Crippen LogP contribution < -0.4 is 5.84 Å². The molecule has 0 spiro atoms. The molecule has 2 N–H and O–H groups in total. The minimum atomic E-state index is -4.54. The van der Waals surface area contributed by atoms with E-state index in [1.807, 2.05) is 0 Å². The predicted octanol–water partition coefficient (Wildman–Crippen LogP) is 1.19. The first kappa shape index (κ1) is 22.1. The highest BCUT2D eigenvalue weighted by molar-refractivity contribution is 7.96. The minimum absolute atomic E-state index is 0.0439. The molecule has 13 heteroatoms. The summed E-state index contributed by atoms with van der Waals surface area (Å²) in [4.78, 5) is 8.24. The van der Waals surface area contributed by atoms with Gasteiger partial charge in [0.2, 0.25) is 0 Å². The number of alkyl halides is 3. The van der Waals surface area contributed by atoms with Gasteiger partial charge in [-0.05, 0) is 18.2 Å². The molecule has 1 aliphatic rings. The van der Waals surface area contributed by atoms with Crippen molar-refractivity contribution >= 4 is 15.5 Å². The SMILES string of the molecule is CCS(=O)(=O)C1=CC(N(C)N)CN=C1c1nnc(-c2cc(C(F)(F)F)ccn2)n1C. The molecule has 3 rings (SSSR count). The fourth-order valence-corrected chi connectivity index (χ4v) is 4.02. The molecule has 0 amide bonds. The van der Waals surface area contributed by atoms with E-state index in [-0.39, 0.29) is 40.3 Å². The van der Waals surface area contributed by atoms with Crippen molar-refractivity contribution in [2.75, 3.05) is 19.3 Å². The molecule has 0 saturated heterocycles. The molecule has 0 aromatic carbocycles. The summed E-state index contributed by atoms with van der Waals surface area (Å²) in [6.07, 6.45) is -2.02. The van der Waals surface area contributed by atoms with Crippen molar-refractivity contribution in [1.82, 2.24) is 24.8 Å². The molecule has 3 heterocycles. The summed E-state index contributed by atoms with van der Waals surface area (Å²) in [5.41, 5.74) is -0.843. The van der Waals surface area contributed by atoms with Gasteiger partial charge in [-0.1, -0.05) is 6.92 Å². The second-order valence-corrected chi connectivity index (χ2v) is 8.94. The Morgan fingerprint density at radius 3 is 2.57 bits per heavy atom. The molecule has 162 valence electrons. The van der Waals surface area contributed by atoms with E-state index in [1.165, 1.54) is 29.6 Å². The summed E-state index contributed by atoms with van der Waals surface area (Å²) < 4.78 is 65.7. The highest BCUT2D eigenvalue weighted by Gasteiger charge is 2.33. The van der Waals surface area contributed by atoms with Crippen molar-refractivity contribution in [2.45, 2.75) is 19.1 Å². The fraction of sp³-hybridized carbons (Fsp3) is 0.412. The van der Waals surface area contributed by atoms with Gasteiger partial charge < -0.3 is 4.57 Å². The lowest BCUT2D eigenvalue weighted by molar-refractivity contribution is -0.137. The van der Waals surface area contributed by atoms with Gasteiger partial charge >= 0.3 is 6.18 Å². The molecule has 0 radical (unpaired) electrons. The second-order valence-electron chi connectivity index (χ2n) is 6.69. The quantitative estimate of drug-likeness (QED) is 0.545. The largest absolute Gasteiger partial charge is 0.416 e. The third-order valence-electron chi connectivity index (χ3n) is 4.65. The molecule has 1 aliphatic heterocycles. The summed E-state index contributed by atoms with van der Waals surface area (Å²) in [5, 5.41) is 9.26. The van der Waals surface area contributed by atoms with Crippen LogP contribution in [0.5, 0.6) is 0 Å². The number of sulfone groups is 1. The van der Waals surface area contributed by atoms with Crippen LogP contribution in [0.15, 0.2) is 34.3 Å². The van der Waals surface area contributed by atoms with Crippen LogP contribution in [0.25, 0.3) is 11.5 Å². The number of rotatable bonds is 5. The maximum absolute atomic E-state index is 13.0. The average Bonchev–Trinajstić information content (AvgIpc) is 3.08. The smallest absolute Gasteiger partial charge is 0.308 e. The first-order valence-corrected chi connectivity index (χ1v) is 10.5. The number of aliphatic imine (C=N–C) groups is 1. The van der Waals surface area contributed by atoms with Crippen LogP contribution in [-0.2, 0) is 23.1 Å². The summed E-state index contributed by atoms with van der Waals surface area (Å²) in [6, 6.07) is 1.28. The highest BCUT2D eigenvalue weighted by Crippen LogP contribution is 2.31. The van der Waals surface area contributed by atoms with Crippen molar-refractivity contribution < 1.29 is 21.6 Å². The van der Waals surface area contributed by atoms with Gasteiger partial charge in [0.25, 0.3) is 0 Å². The zero-order valence-electron chi connectivity index (χ0n) is 16.4. The number of allylic oxidation sites excluding steroid dienone is 1. The minimum Gasteiger partial charge on any atom is -0.308 e. The maximum Gasteiger partial charge on any atom is 0.416 e. The van der Waals surface area contributed by atoms with Crippen LogP contribution in [0.2, 0.25) is 0 Å². The van der Waals surface area contributed by atoms with Crippen LogP contribution in [-0.4, -0.2) is 64.3 Å². The Kier molecular flexibility index (Phi) is 5.80. The maximum atomic E-state index is 13.0. The number of likely N-dealkylation sites (N-methyl/N-ethyl adjacent to an activating group) is 1. The van der Waals surface area contributed by atoms with Gasteiger partial charge in [-0.3, -0.25) is 15.8 Å². The van der Waals surface area contributed by atoms with Gasteiger partial charge in [0.1, 0.15) is 11.4 Å². The first-order chi connectivity index (χ1) is 14.0. The normalized spacial score (nSPS) is 17.8. The number of pyridine rings is 1. The topological polar surface area (TPSA) is 119 Å². The van der Waals surface area contributed by atoms with Gasteiger partial charge in [-0.2, -0.15) is 13.2 Å². The van der Waals surface area contributed by atoms with E-state index in [0.717, 1.165) is 18.3 Å².